The van der Waals surface area contributed by atoms with Gasteiger partial charge in [-0.15, -0.1) is 11.3 Å². The maximum Gasteiger partial charge on any atom is 0.261 e. The summed E-state index contributed by atoms with van der Waals surface area (Å²) in [5.41, 5.74) is 0.738. The summed E-state index contributed by atoms with van der Waals surface area (Å²) in [6.45, 7) is 5.10. The number of nitrogens with zero attached hydrogens (tertiary/aromatic N) is 3. The van der Waals surface area contributed by atoms with Gasteiger partial charge in [0, 0.05) is 30.3 Å². The summed E-state index contributed by atoms with van der Waals surface area (Å²) >= 11 is 1.76. The Bertz CT molecular complexity index is 1160. The molecule has 5 rings (SSSR count). The molecule has 33 heavy (non-hydrogen) atoms. The third-order valence-electron chi connectivity index (χ3n) is 6.99. The van der Waals surface area contributed by atoms with Gasteiger partial charge in [-0.3, -0.25) is 19.1 Å². The quantitative estimate of drug-likeness (QED) is 0.539. The van der Waals surface area contributed by atoms with Crippen LogP contribution in [0.1, 0.15) is 61.8 Å². The number of carbonyl (C=O) groups excluding carboxylic acids is 1. The zero-order chi connectivity index (χ0) is 22.8. The standard InChI is InChI=1S/C26H32N4O2S/c1-18-12-14-29(15-13-18)22(23-7-4-16-33-23)17-27-25(31)11-10-24-28-21-6-3-2-5-20(21)26(32)30(24)19-8-9-19/h2-7,16,18-19,22H,8-15,17H2,1H3,(H,27,31). The minimum Gasteiger partial charge on any atom is -0.354 e. The summed E-state index contributed by atoms with van der Waals surface area (Å²) < 4.78 is 1.83. The van der Waals surface area contributed by atoms with Gasteiger partial charge in [-0.05, 0) is 68.3 Å². The molecule has 174 valence electrons. The highest BCUT2D eigenvalue weighted by Gasteiger charge is 2.29. The number of aryl methyl sites for hydroxylation is 1. The summed E-state index contributed by atoms with van der Waals surface area (Å²) in [6.07, 6.45) is 5.26. The summed E-state index contributed by atoms with van der Waals surface area (Å²) in [5, 5.41) is 5.95. The second kappa shape index (κ2) is 9.77. The van der Waals surface area contributed by atoms with Crippen LogP contribution >= 0.6 is 11.3 Å². The van der Waals surface area contributed by atoms with Crippen LogP contribution < -0.4 is 10.9 Å². The van der Waals surface area contributed by atoms with Gasteiger partial charge in [0.25, 0.3) is 5.56 Å². The number of likely N-dealkylation sites (tertiary alicyclic amines) is 1. The number of piperidine rings is 1. The van der Waals surface area contributed by atoms with Crippen molar-refractivity contribution in [3.8, 4) is 0 Å². The molecule has 1 saturated heterocycles. The van der Waals surface area contributed by atoms with Crippen LogP contribution in [0, 0.1) is 5.92 Å². The first-order chi connectivity index (χ1) is 16.1. The van der Waals surface area contributed by atoms with Crippen molar-refractivity contribution in [2.45, 2.75) is 57.5 Å². The SMILES string of the molecule is CC1CCN(C(CNC(=O)CCc2nc3ccccc3c(=O)n2C2CC2)c2cccs2)CC1. The molecular weight excluding hydrogens is 432 g/mol. The van der Waals surface area contributed by atoms with Gasteiger partial charge < -0.3 is 5.32 Å². The molecule has 0 bridgehead atoms. The molecule has 1 atom stereocenters. The molecule has 3 heterocycles. The lowest BCUT2D eigenvalue weighted by Crippen LogP contribution is -2.41. The molecule has 1 aliphatic carbocycles. The van der Waals surface area contributed by atoms with Gasteiger partial charge in [-0.1, -0.05) is 25.1 Å². The molecule has 3 aromatic rings. The second-order valence-electron chi connectivity index (χ2n) is 9.51. The van der Waals surface area contributed by atoms with Gasteiger partial charge in [-0.2, -0.15) is 0 Å². The molecule has 0 radical (unpaired) electrons. The van der Waals surface area contributed by atoms with E-state index in [0.29, 0.717) is 30.3 Å². The van der Waals surface area contributed by atoms with Gasteiger partial charge in [0.1, 0.15) is 5.82 Å². The first-order valence-electron chi connectivity index (χ1n) is 12.1. The van der Waals surface area contributed by atoms with Crippen LogP contribution in [0.4, 0.5) is 0 Å². The van der Waals surface area contributed by atoms with Crippen molar-refractivity contribution in [2.75, 3.05) is 19.6 Å². The summed E-state index contributed by atoms with van der Waals surface area (Å²) in [7, 11) is 0. The van der Waals surface area contributed by atoms with Gasteiger partial charge >= 0.3 is 0 Å². The van der Waals surface area contributed by atoms with Crippen molar-refractivity contribution in [3.63, 3.8) is 0 Å². The molecule has 1 unspecified atom stereocenters. The summed E-state index contributed by atoms with van der Waals surface area (Å²) in [5.74, 6) is 1.53. The monoisotopic (exact) mass is 464 g/mol. The van der Waals surface area contributed by atoms with E-state index in [1.807, 2.05) is 28.8 Å². The molecule has 2 aromatic heterocycles. The van der Waals surface area contributed by atoms with Crippen molar-refractivity contribution < 1.29 is 4.79 Å². The lowest BCUT2D eigenvalue weighted by atomic mass is 9.97. The fourth-order valence-corrected chi connectivity index (χ4v) is 5.69. The smallest absolute Gasteiger partial charge is 0.261 e. The molecule has 7 heteroatoms. The molecule has 1 aromatic carbocycles. The van der Waals surface area contributed by atoms with Crippen molar-refractivity contribution >= 4 is 28.1 Å². The Kier molecular flexibility index (Phi) is 6.60. The van der Waals surface area contributed by atoms with Crippen LogP contribution in [-0.2, 0) is 11.2 Å². The van der Waals surface area contributed by atoms with Gasteiger partial charge in [0.2, 0.25) is 5.91 Å². The number of carbonyl (C=O) groups is 1. The first kappa shape index (κ1) is 22.3. The normalized spacial score (nSPS) is 18.5. The van der Waals surface area contributed by atoms with E-state index in [0.717, 1.165) is 37.7 Å². The Morgan fingerprint density at radius 2 is 1.94 bits per heavy atom. The Balaban J connectivity index is 1.25. The van der Waals surface area contributed by atoms with Crippen LogP contribution in [0.25, 0.3) is 10.9 Å². The zero-order valence-electron chi connectivity index (χ0n) is 19.2. The molecule has 1 aliphatic heterocycles. The van der Waals surface area contributed by atoms with Crippen molar-refractivity contribution in [1.82, 2.24) is 19.8 Å². The molecule has 2 fully saturated rings. The second-order valence-corrected chi connectivity index (χ2v) is 10.5. The Labute approximate surface area is 198 Å². The van der Waals surface area contributed by atoms with Gasteiger partial charge in [0.05, 0.1) is 16.9 Å². The number of thiophene rings is 1. The van der Waals surface area contributed by atoms with Crippen LogP contribution in [0.2, 0.25) is 0 Å². The van der Waals surface area contributed by atoms with E-state index >= 15 is 0 Å². The number of amides is 1. The van der Waals surface area contributed by atoms with E-state index < -0.39 is 0 Å². The lowest BCUT2D eigenvalue weighted by Gasteiger charge is -2.36. The minimum absolute atomic E-state index is 0.0201. The predicted molar refractivity (Wildman–Crippen MR) is 133 cm³/mol. The fourth-order valence-electron chi connectivity index (χ4n) is 4.83. The maximum atomic E-state index is 13.0. The Morgan fingerprint density at radius 1 is 1.15 bits per heavy atom. The summed E-state index contributed by atoms with van der Waals surface area (Å²) in [4.78, 5) is 34.5. The van der Waals surface area contributed by atoms with E-state index in [2.05, 4.69) is 34.7 Å². The van der Waals surface area contributed by atoms with E-state index in [1.165, 1.54) is 17.7 Å². The predicted octanol–water partition coefficient (Wildman–Crippen LogP) is 4.31. The highest BCUT2D eigenvalue weighted by molar-refractivity contribution is 7.10. The third kappa shape index (κ3) is 5.04. The molecule has 1 amide bonds. The maximum absolute atomic E-state index is 13.0. The average Bonchev–Trinajstić information content (AvgIpc) is 3.52. The molecule has 1 saturated carbocycles. The fraction of sp³-hybridized carbons (Fsp3) is 0.500. The van der Waals surface area contributed by atoms with E-state index in [9.17, 15) is 9.59 Å². The largest absolute Gasteiger partial charge is 0.354 e. The van der Waals surface area contributed by atoms with E-state index in [1.54, 1.807) is 11.3 Å². The number of rotatable bonds is 8. The van der Waals surface area contributed by atoms with Gasteiger partial charge in [-0.25, -0.2) is 4.98 Å². The molecule has 1 N–H and O–H groups in total. The lowest BCUT2D eigenvalue weighted by molar-refractivity contribution is -0.121. The van der Waals surface area contributed by atoms with E-state index in [-0.39, 0.29) is 23.6 Å². The number of para-hydroxylation sites is 1. The first-order valence-corrected chi connectivity index (χ1v) is 13.0. The van der Waals surface area contributed by atoms with Crippen LogP contribution in [0.15, 0.2) is 46.6 Å². The van der Waals surface area contributed by atoms with Crippen molar-refractivity contribution in [1.29, 1.82) is 0 Å². The molecule has 2 aliphatic rings. The average molecular weight is 465 g/mol. The van der Waals surface area contributed by atoms with Gasteiger partial charge in [0.15, 0.2) is 0 Å². The number of fused-ring (bicyclic) bond motifs is 1. The summed E-state index contributed by atoms with van der Waals surface area (Å²) in [6, 6.07) is 12.2. The van der Waals surface area contributed by atoms with Crippen molar-refractivity contribution in [3.05, 3.63) is 62.8 Å². The Morgan fingerprint density at radius 3 is 2.67 bits per heavy atom. The van der Waals surface area contributed by atoms with Crippen molar-refractivity contribution in [2.24, 2.45) is 5.92 Å². The topological polar surface area (TPSA) is 67.2 Å². The Hall–Kier alpha value is -2.51. The van der Waals surface area contributed by atoms with Crippen LogP contribution in [0.3, 0.4) is 0 Å². The van der Waals surface area contributed by atoms with Crippen LogP contribution in [0.5, 0.6) is 0 Å². The van der Waals surface area contributed by atoms with E-state index in [4.69, 9.17) is 4.98 Å². The highest BCUT2D eigenvalue weighted by atomic mass is 32.1. The minimum atomic E-state index is 0.0201. The number of nitrogens with one attached hydrogen (secondary N) is 1. The number of hydrogen-bond acceptors (Lipinski definition) is 5. The number of benzene rings is 1. The molecule has 0 spiro atoms. The number of hydrogen-bond donors (Lipinski definition) is 1. The molecular formula is C26H32N4O2S. The number of aromatic nitrogens is 2. The van der Waals surface area contributed by atoms with Crippen LogP contribution in [-0.4, -0.2) is 40.0 Å². The molecule has 6 nitrogen and oxygen atoms in total. The third-order valence-corrected chi connectivity index (χ3v) is 7.97. The zero-order valence-corrected chi connectivity index (χ0v) is 20.0. The highest BCUT2D eigenvalue weighted by Crippen LogP contribution is 2.35.